The van der Waals surface area contributed by atoms with Crippen molar-refractivity contribution in [3.05, 3.63) is 56.3 Å². The van der Waals surface area contributed by atoms with Gasteiger partial charge in [0.05, 0.1) is 6.61 Å². The van der Waals surface area contributed by atoms with Crippen molar-refractivity contribution >= 4 is 28.1 Å². The fourth-order valence-electron chi connectivity index (χ4n) is 1.40. The molecular formula is C16H21AlO. The van der Waals surface area contributed by atoms with Gasteiger partial charge in [-0.15, -0.1) is 35.0 Å². The molecule has 2 heteroatoms. The van der Waals surface area contributed by atoms with Gasteiger partial charge in [-0.3, -0.25) is 0 Å². The van der Waals surface area contributed by atoms with Crippen LogP contribution >= 0.6 is 0 Å². The first kappa shape index (κ1) is 19.4. The monoisotopic (exact) mass is 256 g/mol. The zero-order valence-corrected chi connectivity index (χ0v) is 12.7. The molecule has 0 aliphatic heterocycles. The topological polar surface area (TPSA) is 9.23 Å². The van der Waals surface area contributed by atoms with E-state index in [1.54, 1.807) is 13.8 Å². The molecule has 0 aliphatic rings. The van der Waals surface area contributed by atoms with Crippen molar-refractivity contribution in [1.82, 2.24) is 0 Å². The van der Waals surface area contributed by atoms with E-state index in [2.05, 4.69) is 32.0 Å². The number of hydrogen-bond acceptors (Lipinski definition) is 1. The molecule has 0 heterocycles. The molecule has 2 rings (SSSR count). The molecule has 0 saturated carbocycles. The fraction of sp³-hybridized carbons (Fsp3) is 0.250. The average Bonchev–Trinajstić information content (AvgIpc) is 2.44. The summed E-state index contributed by atoms with van der Waals surface area (Å²) in [5, 5.41) is 2.24. The molecule has 0 bridgehead atoms. The zero-order chi connectivity index (χ0) is 13.1. The SMILES string of the molecule is CCOc1cccc2ccc[c-]c12.[Al+3].[CH2-]C.[CH2-]C. The molecule has 0 unspecified atom stereocenters. The second-order valence-corrected chi connectivity index (χ2v) is 2.82. The molecule has 0 N–H and O–H groups in total. The molecule has 0 radical (unpaired) electrons. The number of rotatable bonds is 2. The maximum atomic E-state index is 5.49. The molecule has 0 spiro atoms. The predicted octanol–water partition coefficient (Wildman–Crippen LogP) is 4.34. The Bertz CT molecular complexity index is 407. The van der Waals surface area contributed by atoms with Gasteiger partial charge < -0.3 is 18.6 Å². The van der Waals surface area contributed by atoms with Crippen molar-refractivity contribution in [3.8, 4) is 5.75 Å². The molecule has 2 aromatic rings. The van der Waals surface area contributed by atoms with Crippen LogP contribution < -0.4 is 4.74 Å². The Balaban J connectivity index is 0. The summed E-state index contributed by atoms with van der Waals surface area (Å²) in [5.41, 5.74) is 0. The van der Waals surface area contributed by atoms with Gasteiger partial charge in [0.2, 0.25) is 0 Å². The standard InChI is InChI=1S/C12H11O.2C2H5.Al/c1-2-13-12-9-5-7-10-6-3-4-8-11(10)12;2*1-2;/h3-7,9H,2H2,1H3;2*1H2,2H3;/q3*-1;+3. The first-order valence-electron chi connectivity index (χ1n) is 5.85. The second kappa shape index (κ2) is 12.5. The van der Waals surface area contributed by atoms with E-state index < -0.39 is 0 Å². The summed E-state index contributed by atoms with van der Waals surface area (Å²) in [6.07, 6.45) is 0. The van der Waals surface area contributed by atoms with Crippen LogP contribution in [0.1, 0.15) is 20.8 Å². The molecule has 94 valence electrons. The Kier molecular flexibility index (Phi) is 13.4. The second-order valence-electron chi connectivity index (χ2n) is 2.82. The third-order valence-electron chi connectivity index (χ3n) is 1.96. The van der Waals surface area contributed by atoms with Crippen LogP contribution in [0.5, 0.6) is 5.75 Å². The van der Waals surface area contributed by atoms with Gasteiger partial charge in [0, 0.05) is 5.75 Å². The third-order valence-corrected chi connectivity index (χ3v) is 1.96. The van der Waals surface area contributed by atoms with E-state index in [0.717, 1.165) is 11.1 Å². The number of hydrogen-bond donors (Lipinski definition) is 0. The molecule has 0 saturated heterocycles. The molecule has 0 fully saturated rings. The van der Waals surface area contributed by atoms with Crippen molar-refractivity contribution in [2.24, 2.45) is 0 Å². The van der Waals surface area contributed by atoms with E-state index in [0.29, 0.717) is 6.61 Å². The molecule has 1 nitrogen and oxygen atoms in total. The van der Waals surface area contributed by atoms with Gasteiger partial charge in [-0.1, -0.05) is 18.2 Å². The van der Waals surface area contributed by atoms with E-state index in [9.17, 15) is 0 Å². The van der Waals surface area contributed by atoms with Crippen LogP contribution in [0.15, 0.2) is 36.4 Å². The summed E-state index contributed by atoms with van der Waals surface area (Å²) < 4.78 is 5.49. The molecule has 0 aromatic heterocycles. The number of benzene rings is 2. The summed E-state index contributed by atoms with van der Waals surface area (Å²) >= 11 is 0. The Labute approximate surface area is 122 Å². The van der Waals surface area contributed by atoms with Gasteiger partial charge in [0.1, 0.15) is 0 Å². The first-order valence-corrected chi connectivity index (χ1v) is 5.85. The van der Waals surface area contributed by atoms with Crippen LogP contribution in [0.3, 0.4) is 0 Å². The number of ether oxygens (including phenoxy) is 1. The molecule has 0 aliphatic carbocycles. The van der Waals surface area contributed by atoms with Crippen LogP contribution in [0.2, 0.25) is 0 Å². The predicted molar refractivity (Wildman–Crippen MR) is 81.8 cm³/mol. The quantitative estimate of drug-likeness (QED) is 0.573. The first-order chi connectivity index (χ1) is 8.42. The van der Waals surface area contributed by atoms with Crippen LogP contribution in [-0.2, 0) is 0 Å². The molecule has 2 aromatic carbocycles. The van der Waals surface area contributed by atoms with Gasteiger partial charge in [0.25, 0.3) is 0 Å². The van der Waals surface area contributed by atoms with Crippen molar-refractivity contribution in [3.63, 3.8) is 0 Å². The molecule has 0 atom stereocenters. The fourth-order valence-corrected chi connectivity index (χ4v) is 1.40. The van der Waals surface area contributed by atoms with Crippen molar-refractivity contribution in [1.29, 1.82) is 0 Å². The summed E-state index contributed by atoms with van der Waals surface area (Å²) in [6.45, 7) is 12.7. The van der Waals surface area contributed by atoms with E-state index in [1.165, 1.54) is 5.39 Å². The normalized spacial score (nSPS) is 8.06. The molecule has 18 heavy (non-hydrogen) atoms. The Morgan fingerprint density at radius 3 is 2.28 bits per heavy atom. The number of fused-ring (bicyclic) bond motifs is 1. The van der Waals surface area contributed by atoms with E-state index in [4.69, 9.17) is 4.74 Å². The Morgan fingerprint density at radius 2 is 1.67 bits per heavy atom. The van der Waals surface area contributed by atoms with Crippen molar-refractivity contribution < 1.29 is 4.74 Å². The maximum absolute atomic E-state index is 5.49. The van der Waals surface area contributed by atoms with Gasteiger partial charge in [-0.05, 0) is 6.92 Å². The summed E-state index contributed by atoms with van der Waals surface area (Å²) in [5.74, 6) is 0.917. The molecular weight excluding hydrogens is 235 g/mol. The average molecular weight is 256 g/mol. The van der Waals surface area contributed by atoms with E-state index >= 15 is 0 Å². The molecule has 0 amide bonds. The van der Waals surface area contributed by atoms with Crippen LogP contribution in [0.25, 0.3) is 10.8 Å². The largest absolute Gasteiger partial charge is 3.00 e. The Morgan fingerprint density at radius 1 is 1.06 bits per heavy atom. The van der Waals surface area contributed by atoms with Crippen molar-refractivity contribution in [2.45, 2.75) is 20.8 Å². The zero-order valence-electron chi connectivity index (χ0n) is 11.6. The summed E-state index contributed by atoms with van der Waals surface area (Å²) in [7, 11) is 0. The van der Waals surface area contributed by atoms with Crippen molar-refractivity contribution in [2.75, 3.05) is 6.61 Å². The third kappa shape index (κ3) is 5.58. The van der Waals surface area contributed by atoms with Gasteiger partial charge in [0.15, 0.2) is 0 Å². The van der Waals surface area contributed by atoms with Gasteiger partial charge in [-0.2, -0.15) is 13.8 Å². The van der Waals surface area contributed by atoms with Crippen LogP contribution in [0, 0.1) is 19.9 Å². The maximum Gasteiger partial charge on any atom is 3.00 e. The van der Waals surface area contributed by atoms with Crippen LogP contribution in [0.4, 0.5) is 0 Å². The Hall–Kier alpha value is -0.968. The summed E-state index contributed by atoms with van der Waals surface area (Å²) in [6, 6.07) is 15.2. The summed E-state index contributed by atoms with van der Waals surface area (Å²) in [4.78, 5) is 0. The minimum Gasteiger partial charge on any atom is -0.536 e. The minimum atomic E-state index is 0. The van der Waals surface area contributed by atoms with Gasteiger partial charge in [-0.25, -0.2) is 0 Å². The minimum absolute atomic E-state index is 0. The van der Waals surface area contributed by atoms with E-state index in [1.807, 2.05) is 31.2 Å². The van der Waals surface area contributed by atoms with Gasteiger partial charge >= 0.3 is 17.4 Å². The van der Waals surface area contributed by atoms with Crippen LogP contribution in [-0.4, -0.2) is 24.0 Å². The van der Waals surface area contributed by atoms with E-state index in [-0.39, 0.29) is 17.4 Å². The smallest absolute Gasteiger partial charge is 0.536 e.